The number of carbonyl (C=O) groups excluding carboxylic acids is 1. The number of halogens is 1. The monoisotopic (exact) mass is 301 g/mol. The lowest BCUT2D eigenvalue weighted by atomic mass is 10.0. The average Bonchev–Trinajstić information content (AvgIpc) is 2.41. The molecule has 1 rings (SSSR count). The first kappa shape index (κ1) is 16.3. The van der Waals surface area contributed by atoms with Gasteiger partial charge in [-0.2, -0.15) is 0 Å². The van der Waals surface area contributed by atoms with E-state index in [1.165, 1.54) is 11.8 Å². The van der Waals surface area contributed by atoms with Crippen molar-refractivity contribution in [3.8, 4) is 0 Å². The molecule has 106 valence electrons. The lowest BCUT2D eigenvalue weighted by Gasteiger charge is -2.28. The second-order valence-electron chi connectivity index (χ2n) is 4.78. The van der Waals surface area contributed by atoms with E-state index in [0.717, 1.165) is 4.90 Å². The Kier molecular flexibility index (Phi) is 6.17. The minimum atomic E-state index is -0.550. The van der Waals surface area contributed by atoms with Gasteiger partial charge in [-0.05, 0) is 44.5 Å². The summed E-state index contributed by atoms with van der Waals surface area (Å²) in [6.45, 7) is 5.56. The summed E-state index contributed by atoms with van der Waals surface area (Å²) in [5.74, 6) is -0.0710. The number of nitrogens with one attached hydrogen (secondary N) is 1. The Bertz CT molecular complexity index is 418. The van der Waals surface area contributed by atoms with E-state index >= 15 is 0 Å². The summed E-state index contributed by atoms with van der Waals surface area (Å²) in [6, 6.07) is 7.39. The Morgan fingerprint density at radius 2 is 2.05 bits per heavy atom. The molecule has 0 aliphatic heterocycles. The fraction of sp³-hybridized carbons (Fsp3) is 0.500. The summed E-state index contributed by atoms with van der Waals surface area (Å²) in [7, 11) is 0. The van der Waals surface area contributed by atoms with Gasteiger partial charge < -0.3 is 10.4 Å². The van der Waals surface area contributed by atoms with Gasteiger partial charge in [0.1, 0.15) is 0 Å². The third-order valence-corrected chi connectivity index (χ3v) is 4.41. The number of aliphatic hydroxyl groups excluding tert-OH is 1. The van der Waals surface area contributed by atoms with Crippen LogP contribution in [0.1, 0.15) is 27.2 Å². The second kappa shape index (κ2) is 7.17. The van der Waals surface area contributed by atoms with E-state index in [4.69, 9.17) is 11.6 Å². The third-order valence-electron chi connectivity index (χ3n) is 3.05. The molecule has 1 aromatic rings. The average molecular weight is 302 g/mol. The molecule has 0 saturated heterocycles. The van der Waals surface area contributed by atoms with Gasteiger partial charge in [-0.1, -0.05) is 18.5 Å². The number of amides is 1. The molecule has 0 aliphatic carbocycles. The van der Waals surface area contributed by atoms with Crippen molar-refractivity contribution in [2.24, 2.45) is 0 Å². The quantitative estimate of drug-likeness (QED) is 0.794. The molecule has 0 spiro atoms. The molecule has 2 atom stereocenters. The van der Waals surface area contributed by atoms with Crippen LogP contribution in [-0.2, 0) is 4.79 Å². The Balaban J connectivity index is 2.60. The first-order valence-electron chi connectivity index (χ1n) is 6.25. The van der Waals surface area contributed by atoms with E-state index in [2.05, 4.69) is 5.32 Å². The molecule has 0 aromatic heterocycles. The largest absolute Gasteiger partial charge is 0.394 e. The van der Waals surface area contributed by atoms with Crippen LogP contribution in [0.3, 0.4) is 0 Å². The number of hydrogen-bond donors (Lipinski definition) is 2. The van der Waals surface area contributed by atoms with Crippen LogP contribution < -0.4 is 5.32 Å². The number of thioether (sulfide) groups is 1. The zero-order valence-corrected chi connectivity index (χ0v) is 13.0. The molecular weight excluding hydrogens is 282 g/mol. The highest BCUT2D eigenvalue weighted by Gasteiger charge is 2.26. The van der Waals surface area contributed by atoms with Crippen LogP contribution in [-0.4, -0.2) is 28.4 Å². The molecule has 19 heavy (non-hydrogen) atoms. The fourth-order valence-corrected chi connectivity index (χ4v) is 2.40. The van der Waals surface area contributed by atoms with Gasteiger partial charge >= 0.3 is 0 Å². The standard InChI is InChI=1S/C14H20ClNO2S/c1-4-14(3,9-17)16-13(18)10(2)19-12-7-5-11(15)6-8-12/h5-8,10,17H,4,9H2,1-3H3,(H,16,18). The highest BCUT2D eigenvalue weighted by Crippen LogP contribution is 2.25. The SMILES string of the molecule is CCC(C)(CO)NC(=O)C(C)Sc1ccc(Cl)cc1. The maximum atomic E-state index is 12.1. The molecule has 2 N–H and O–H groups in total. The normalized spacial score (nSPS) is 15.6. The van der Waals surface area contributed by atoms with Gasteiger partial charge in [-0.15, -0.1) is 11.8 Å². The fourth-order valence-electron chi connectivity index (χ4n) is 1.41. The lowest BCUT2D eigenvalue weighted by molar-refractivity contribution is -0.122. The predicted molar refractivity (Wildman–Crippen MR) is 80.7 cm³/mol. The highest BCUT2D eigenvalue weighted by atomic mass is 35.5. The van der Waals surface area contributed by atoms with Gasteiger partial charge in [0.05, 0.1) is 17.4 Å². The van der Waals surface area contributed by atoms with Crippen molar-refractivity contribution in [3.63, 3.8) is 0 Å². The minimum Gasteiger partial charge on any atom is -0.394 e. The Morgan fingerprint density at radius 3 is 2.53 bits per heavy atom. The van der Waals surface area contributed by atoms with Gasteiger partial charge in [-0.25, -0.2) is 0 Å². The Labute approximate surface area is 123 Å². The van der Waals surface area contributed by atoms with E-state index in [9.17, 15) is 9.90 Å². The molecule has 0 saturated carbocycles. The van der Waals surface area contributed by atoms with Crippen molar-refractivity contribution in [1.82, 2.24) is 5.32 Å². The maximum Gasteiger partial charge on any atom is 0.233 e. The highest BCUT2D eigenvalue weighted by molar-refractivity contribution is 8.00. The van der Waals surface area contributed by atoms with Gasteiger partial charge in [-0.3, -0.25) is 4.79 Å². The predicted octanol–water partition coefficient (Wildman–Crippen LogP) is 3.10. The zero-order chi connectivity index (χ0) is 14.5. The van der Waals surface area contributed by atoms with E-state index in [1.807, 2.05) is 32.9 Å². The molecule has 1 amide bonds. The topological polar surface area (TPSA) is 49.3 Å². The van der Waals surface area contributed by atoms with Gasteiger partial charge in [0.25, 0.3) is 0 Å². The first-order chi connectivity index (χ1) is 8.90. The number of aliphatic hydroxyl groups is 1. The molecule has 2 unspecified atom stereocenters. The molecule has 0 heterocycles. The van der Waals surface area contributed by atoms with Crippen LogP contribution in [0, 0.1) is 0 Å². The lowest BCUT2D eigenvalue weighted by Crippen LogP contribution is -2.50. The van der Waals surface area contributed by atoms with Crippen molar-refractivity contribution in [2.45, 2.75) is 42.9 Å². The molecule has 5 heteroatoms. The Morgan fingerprint density at radius 1 is 1.47 bits per heavy atom. The molecule has 0 bridgehead atoms. The van der Waals surface area contributed by atoms with Crippen molar-refractivity contribution in [1.29, 1.82) is 0 Å². The molecule has 3 nitrogen and oxygen atoms in total. The maximum absolute atomic E-state index is 12.1. The van der Waals surface area contributed by atoms with Crippen LogP contribution in [0.25, 0.3) is 0 Å². The third kappa shape index (κ3) is 5.05. The minimum absolute atomic E-state index is 0.0619. The van der Waals surface area contributed by atoms with E-state index < -0.39 is 5.54 Å². The van der Waals surface area contributed by atoms with Crippen LogP contribution in [0.5, 0.6) is 0 Å². The van der Waals surface area contributed by atoms with Crippen LogP contribution >= 0.6 is 23.4 Å². The number of carbonyl (C=O) groups is 1. The summed E-state index contributed by atoms with van der Waals surface area (Å²) in [5, 5.41) is 12.6. The number of hydrogen-bond acceptors (Lipinski definition) is 3. The molecule has 0 aliphatic rings. The second-order valence-corrected chi connectivity index (χ2v) is 6.63. The van der Waals surface area contributed by atoms with Gasteiger partial charge in [0.2, 0.25) is 5.91 Å². The Hall–Kier alpha value is -0.710. The van der Waals surface area contributed by atoms with Crippen molar-refractivity contribution in [3.05, 3.63) is 29.3 Å². The summed E-state index contributed by atoms with van der Waals surface area (Å²) in [4.78, 5) is 13.1. The van der Waals surface area contributed by atoms with Gasteiger partial charge in [0.15, 0.2) is 0 Å². The van der Waals surface area contributed by atoms with Crippen molar-refractivity contribution >= 4 is 29.3 Å². The molecule has 0 radical (unpaired) electrons. The van der Waals surface area contributed by atoms with Crippen LogP contribution in [0.4, 0.5) is 0 Å². The van der Waals surface area contributed by atoms with Crippen molar-refractivity contribution in [2.75, 3.05) is 6.61 Å². The molecular formula is C14H20ClNO2S. The van der Waals surface area contributed by atoms with Crippen LogP contribution in [0.15, 0.2) is 29.2 Å². The number of benzene rings is 1. The number of rotatable bonds is 6. The summed E-state index contributed by atoms with van der Waals surface area (Å²) in [5.41, 5.74) is -0.550. The van der Waals surface area contributed by atoms with E-state index in [1.54, 1.807) is 12.1 Å². The first-order valence-corrected chi connectivity index (χ1v) is 7.51. The summed E-state index contributed by atoms with van der Waals surface area (Å²) < 4.78 is 0. The van der Waals surface area contributed by atoms with E-state index in [0.29, 0.717) is 11.4 Å². The van der Waals surface area contributed by atoms with E-state index in [-0.39, 0.29) is 17.8 Å². The molecule has 0 fully saturated rings. The summed E-state index contributed by atoms with van der Waals surface area (Å²) >= 11 is 7.29. The van der Waals surface area contributed by atoms with Gasteiger partial charge in [0, 0.05) is 9.92 Å². The van der Waals surface area contributed by atoms with Crippen molar-refractivity contribution < 1.29 is 9.90 Å². The van der Waals surface area contributed by atoms with Crippen LogP contribution in [0.2, 0.25) is 5.02 Å². The smallest absolute Gasteiger partial charge is 0.233 e. The molecule has 1 aromatic carbocycles. The summed E-state index contributed by atoms with van der Waals surface area (Å²) in [6.07, 6.45) is 0.688. The zero-order valence-electron chi connectivity index (χ0n) is 11.4.